The Balaban J connectivity index is 1.47. The van der Waals surface area contributed by atoms with Crippen LogP contribution in [0.25, 0.3) is 10.9 Å². The van der Waals surface area contributed by atoms with Crippen molar-refractivity contribution in [1.29, 1.82) is 0 Å². The second-order valence-electron chi connectivity index (χ2n) is 7.14. The van der Waals surface area contributed by atoms with E-state index < -0.39 is 11.7 Å². The molecule has 1 amide bonds. The van der Waals surface area contributed by atoms with E-state index in [1.807, 2.05) is 31.2 Å². The number of aromatic nitrogens is 1. The lowest BCUT2D eigenvalue weighted by Gasteiger charge is -2.21. The van der Waals surface area contributed by atoms with Crippen LogP contribution in [0, 0.1) is 24.7 Å². The number of rotatable bonds is 4. The molecule has 0 radical (unpaired) electrons. The molecular formula is C19H22N2O2. The fourth-order valence-electron chi connectivity index (χ4n) is 4.61. The first-order valence-corrected chi connectivity index (χ1v) is 8.53. The number of nitrogens with one attached hydrogen (secondary N) is 2. The average Bonchev–Trinajstić information content (AvgIpc) is 3.24. The Bertz CT molecular complexity index is 777. The van der Waals surface area contributed by atoms with Crippen LogP contribution in [0.1, 0.15) is 41.7 Å². The maximum Gasteiger partial charge on any atom is 0.292 e. The lowest BCUT2D eigenvalue weighted by Crippen LogP contribution is -2.36. The van der Waals surface area contributed by atoms with Crippen molar-refractivity contribution in [3.05, 3.63) is 35.5 Å². The topological polar surface area (TPSA) is 62.0 Å². The number of hydrogen-bond donors (Lipinski definition) is 2. The smallest absolute Gasteiger partial charge is 0.292 e. The molecule has 3 atom stereocenters. The largest absolute Gasteiger partial charge is 0.358 e. The number of ketones is 1. The molecule has 0 saturated heterocycles. The summed E-state index contributed by atoms with van der Waals surface area (Å²) in [7, 11) is 0. The van der Waals surface area contributed by atoms with Crippen LogP contribution in [0.5, 0.6) is 0 Å². The number of carbonyl (C=O) groups excluding carboxylic acids is 2. The number of carbonyl (C=O) groups is 2. The summed E-state index contributed by atoms with van der Waals surface area (Å²) in [5.41, 5.74) is 2.16. The second kappa shape index (κ2) is 5.52. The highest BCUT2D eigenvalue weighted by atomic mass is 16.2. The van der Waals surface area contributed by atoms with Crippen LogP contribution in [-0.4, -0.2) is 23.2 Å². The normalized spacial score (nSPS) is 25.9. The average molecular weight is 310 g/mol. The zero-order chi connectivity index (χ0) is 16.0. The van der Waals surface area contributed by atoms with Gasteiger partial charge >= 0.3 is 0 Å². The number of aromatic amines is 1. The van der Waals surface area contributed by atoms with Crippen LogP contribution in [0.2, 0.25) is 0 Å². The second-order valence-corrected chi connectivity index (χ2v) is 7.14. The van der Waals surface area contributed by atoms with Gasteiger partial charge in [0.25, 0.3) is 11.7 Å². The summed E-state index contributed by atoms with van der Waals surface area (Å²) in [5.74, 6) is 1.27. The summed E-state index contributed by atoms with van der Waals surface area (Å²) >= 11 is 0. The molecule has 2 fully saturated rings. The maximum absolute atomic E-state index is 12.6. The van der Waals surface area contributed by atoms with Gasteiger partial charge in [0.05, 0.1) is 5.56 Å². The SMILES string of the molecule is Cc1[nH]c2ccccc2c1C(=O)C(=O)NCC1CC2CCC1C2. The molecule has 4 heteroatoms. The molecule has 2 aliphatic rings. The molecule has 4 rings (SSSR count). The van der Waals surface area contributed by atoms with Crippen LogP contribution in [0.15, 0.2) is 24.3 Å². The third-order valence-electron chi connectivity index (χ3n) is 5.74. The van der Waals surface area contributed by atoms with Crippen molar-refractivity contribution in [3.8, 4) is 0 Å². The first-order chi connectivity index (χ1) is 11.1. The Morgan fingerprint density at radius 3 is 2.78 bits per heavy atom. The summed E-state index contributed by atoms with van der Waals surface area (Å²) in [6.45, 7) is 2.49. The summed E-state index contributed by atoms with van der Waals surface area (Å²) in [6, 6.07) is 7.61. The zero-order valence-corrected chi connectivity index (χ0v) is 13.4. The fourth-order valence-corrected chi connectivity index (χ4v) is 4.61. The van der Waals surface area contributed by atoms with Crippen molar-refractivity contribution in [3.63, 3.8) is 0 Å². The number of aryl methyl sites for hydroxylation is 1. The van der Waals surface area contributed by atoms with E-state index in [1.165, 1.54) is 25.7 Å². The van der Waals surface area contributed by atoms with E-state index in [0.29, 0.717) is 18.0 Å². The molecule has 2 bridgehead atoms. The quantitative estimate of drug-likeness (QED) is 0.673. The van der Waals surface area contributed by atoms with Crippen molar-refractivity contribution in [2.45, 2.75) is 32.6 Å². The molecule has 2 N–H and O–H groups in total. The molecule has 4 nitrogen and oxygen atoms in total. The van der Waals surface area contributed by atoms with Gasteiger partial charge in [-0.25, -0.2) is 0 Å². The molecule has 120 valence electrons. The van der Waals surface area contributed by atoms with E-state index in [-0.39, 0.29) is 0 Å². The minimum Gasteiger partial charge on any atom is -0.358 e. The number of fused-ring (bicyclic) bond motifs is 3. The highest BCUT2D eigenvalue weighted by Crippen LogP contribution is 2.47. The van der Waals surface area contributed by atoms with Crippen LogP contribution in [0.3, 0.4) is 0 Å². The van der Waals surface area contributed by atoms with E-state index in [1.54, 1.807) is 0 Å². The Morgan fingerprint density at radius 2 is 2.04 bits per heavy atom. The van der Waals surface area contributed by atoms with Crippen molar-refractivity contribution >= 4 is 22.6 Å². The molecule has 1 heterocycles. The minimum absolute atomic E-state index is 0.428. The van der Waals surface area contributed by atoms with Crippen molar-refractivity contribution < 1.29 is 9.59 Å². The van der Waals surface area contributed by atoms with E-state index in [9.17, 15) is 9.59 Å². The third kappa shape index (κ3) is 2.46. The molecule has 2 saturated carbocycles. The Kier molecular flexibility index (Phi) is 3.47. The van der Waals surface area contributed by atoms with Gasteiger partial charge in [0.15, 0.2) is 0 Å². The lowest BCUT2D eigenvalue weighted by molar-refractivity contribution is -0.117. The van der Waals surface area contributed by atoms with Gasteiger partial charge in [-0.15, -0.1) is 0 Å². The highest BCUT2D eigenvalue weighted by Gasteiger charge is 2.39. The first-order valence-electron chi connectivity index (χ1n) is 8.53. The summed E-state index contributed by atoms with van der Waals surface area (Å²) in [6.07, 6.45) is 5.17. The van der Waals surface area contributed by atoms with Gasteiger partial charge in [-0.1, -0.05) is 24.6 Å². The number of H-pyrrole nitrogens is 1. The van der Waals surface area contributed by atoms with Gasteiger partial charge < -0.3 is 10.3 Å². The minimum atomic E-state index is -0.472. The van der Waals surface area contributed by atoms with Crippen LogP contribution < -0.4 is 5.32 Å². The molecule has 0 spiro atoms. The molecule has 3 unspecified atom stereocenters. The molecule has 1 aromatic heterocycles. The Hall–Kier alpha value is -2.10. The van der Waals surface area contributed by atoms with Gasteiger partial charge in [-0.05, 0) is 50.0 Å². The standard InChI is InChI=1S/C19H22N2O2/c1-11-17(15-4-2-3-5-16(15)21-11)18(22)19(23)20-10-14-9-12-6-7-13(14)8-12/h2-5,12-14,21H,6-10H2,1H3,(H,20,23). The van der Waals surface area contributed by atoms with Gasteiger partial charge in [0.1, 0.15) is 0 Å². The van der Waals surface area contributed by atoms with Crippen molar-refractivity contribution in [2.75, 3.05) is 6.54 Å². The number of para-hydroxylation sites is 1. The van der Waals surface area contributed by atoms with Crippen molar-refractivity contribution in [1.82, 2.24) is 10.3 Å². The van der Waals surface area contributed by atoms with Gasteiger partial charge in [-0.2, -0.15) is 0 Å². The predicted octanol–water partition coefficient (Wildman–Crippen LogP) is 3.21. The van der Waals surface area contributed by atoms with E-state index in [4.69, 9.17) is 0 Å². The summed E-state index contributed by atoms with van der Waals surface area (Å²) in [4.78, 5) is 28.1. The number of Topliss-reactive ketones (excluding diaryl/α,β-unsaturated/α-hetero) is 1. The van der Waals surface area contributed by atoms with Crippen LogP contribution in [-0.2, 0) is 4.79 Å². The summed E-state index contributed by atoms with van der Waals surface area (Å²) < 4.78 is 0. The van der Waals surface area contributed by atoms with E-state index >= 15 is 0 Å². The number of amides is 1. The van der Waals surface area contributed by atoms with E-state index in [0.717, 1.165) is 28.4 Å². The number of benzene rings is 1. The van der Waals surface area contributed by atoms with E-state index in [2.05, 4.69) is 10.3 Å². The molecule has 2 aliphatic carbocycles. The molecular weight excluding hydrogens is 288 g/mol. The lowest BCUT2D eigenvalue weighted by atomic mass is 9.89. The Morgan fingerprint density at radius 1 is 1.22 bits per heavy atom. The molecule has 1 aromatic carbocycles. The molecule has 0 aliphatic heterocycles. The van der Waals surface area contributed by atoms with Crippen LogP contribution >= 0.6 is 0 Å². The third-order valence-corrected chi connectivity index (χ3v) is 5.74. The fraction of sp³-hybridized carbons (Fsp3) is 0.474. The van der Waals surface area contributed by atoms with Gasteiger partial charge in [0, 0.05) is 23.1 Å². The zero-order valence-electron chi connectivity index (χ0n) is 13.4. The molecule has 23 heavy (non-hydrogen) atoms. The molecule has 2 aromatic rings. The van der Waals surface area contributed by atoms with Crippen molar-refractivity contribution in [2.24, 2.45) is 17.8 Å². The van der Waals surface area contributed by atoms with Gasteiger partial charge in [0.2, 0.25) is 0 Å². The Labute approximate surface area is 135 Å². The number of hydrogen-bond acceptors (Lipinski definition) is 2. The van der Waals surface area contributed by atoms with Gasteiger partial charge in [-0.3, -0.25) is 9.59 Å². The first kappa shape index (κ1) is 14.5. The highest BCUT2D eigenvalue weighted by molar-refractivity contribution is 6.45. The van der Waals surface area contributed by atoms with Crippen LogP contribution in [0.4, 0.5) is 0 Å². The monoisotopic (exact) mass is 310 g/mol. The summed E-state index contributed by atoms with van der Waals surface area (Å²) in [5, 5.41) is 3.71. The maximum atomic E-state index is 12.6. The predicted molar refractivity (Wildman–Crippen MR) is 89.3 cm³/mol.